The number of thiazole rings is 1. The summed E-state index contributed by atoms with van der Waals surface area (Å²) in [5.41, 5.74) is 0.543. The molecular formula is C18H25N3OS. The third-order valence-electron chi connectivity index (χ3n) is 5.45. The van der Waals surface area contributed by atoms with Gasteiger partial charge in [-0.05, 0) is 63.4 Å². The Morgan fingerprint density at radius 1 is 1.13 bits per heavy atom. The lowest BCUT2D eigenvalue weighted by molar-refractivity contribution is 0.101. The Kier molecular flexibility index (Phi) is 4.26. The molecule has 0 radical (unpaired) electrons. The van der Waals surface area contributed by atoms with E-state index in [2.05, 4.69) is 32.3 Å². The molecule has 1 spiro atoms. The van der Waals surface area contributed by atoms with Crippen molar-refractivity contribution in [2.75, 3.05) is 26.2 Å². The van der Waals surface area contributed by atoms with Crippen LogP contribution >= 0.6 is 11.3 Å². The third kappa shape index (κ3) is 3.52. The van der Waals surface area contributed by atoms with Crippen molar-refractivity contribution in [2.45, 2.75) is 39.3 Å². The van der Waals surface area contributed by atoms with Gasteiger partial charge in [0, 0.05) is 18.1 Å². The van der Waals surface area contributed by atoms with Gasteiger partial charge in [-0.3, -0.25) is 9.80 Å². The number of hydrogen-bond acceptors (Lipinski definition) is 5. The topological polar surface area (TPSA) is 32.5 Å². The highest BCUT2D eigenvalue weighted by Crippen LogP contribution is 2.41. The summed E-state index contributed by atoms with van der Waals surface area (Å²) in [4.78, 5) is 9.57. The zero-order valence-corrected chi connectivity index (χ0v) is 14.6. The van der Waals surface area contributed by atoms with Gasteiger partial charge in [0.25, 0.3) is 0 Å². The molecule has 0 atom stereocenters. The molecule has 0 amide bonds. The van der Waals surface area contributed by atoms with Crippen molar-refractivity contribution in [2.24, 2.45) is 5.41 Å². The van der Waals surface area contributed by atoms with E-state index in [1.54, 1.807) is 11.3 Å². The molecule has 23 heavy (non-hydrogen) atoms. The van der Waals surface area contributed by atoms with Crippen LogP contribution < -0.4 is 0 Å². The average Bonchev–Trinajstić information content (AvgIpc) is 3.26. The average molecular weight is 331 g/mol. The van der Waals surface area contributed by atoms with Gasteiger partial charge in [0.1, 0.15) is 16.5 Å². The quantitative estimate of drug-likeness (QED) is 0.858. The Hall–Kier alpha value is -1.17. The highest BCUT2D eigenvalue weighted by molar-refractivity contribution is 7.09. The van der Waals surface area contributed by atoms with Crippen LogP contribution in [-0.4, -0.2) is 41.0 Å². The first-order valence-corrected chi connectivity index (χ1v) is 9.47. The molecule has 2 aliphatic rings. The van der Waals surface area contributed by atoms with E-state index in [1.165, 1.54) is 50.4 Å². The second-order valence-electron chi connectivity index (χ2n) is 7.18. The fourth-order valence-corrected chi connectivity index (χ4v) is 4.73. The van der Waals surface area contributed by atoms with Crippen molar-refractivity contribution in [3.05, 3.63) is 40.2 Å². The molecule has 2 aromatic rings. The largest absolute Gasteiger partial charge is 0.465 e. The Morgan fingerprint density at radius 2 is 1.91 bits per heavy atom. The predicted octanol–water partition coefficient (Wildman–Crippen LogP) is 3.53. The van der Waals surface area contributed by atoms with Crippen LogP contribution in [0.2, 0.25) is 0 Å². The first-order chi connectivity index (χ1) is 11.2. The van der Waals surface area contributed by atoms with Crippen molar-refractivity contribution in [1.29, 1.82) is 0 Å². The number of furan rings is 1. The van der Waals surface area contributed by atoms with E-state index in [9.17, 15) is 0 Å². The van der Waals surface area contributed by atoms with Gasteiger partial charge in [0.05, 0.1) is 13.1 Å². The first kappa shape index (κ1) is 15.4. The standard InChI is InChI=1S/C18H25N3OS/c1-15-2-3-16(22-15)12-21-10-6-18(14-21)4-8-20(9-5-18)13-17-19-7-11-23-17/h2-3,7,11H,4-6,8-10,12-14H2,1H3. The van der Waals surface area contributed by atoms with Crippen molar-refractivity contribution in [3.63, 3.8) is 0 Å². The fraction of sp³-hybridized carbons (Fsp3) is 0.611. The Morgan fingerprint density at radius 3 is 2.57 bits per heavy atom. The summed E-state index contributed by atoms with van der Waals surface area (Å²) in [6.45, 7) is 8.90. The van der Waals surface area contributed by atoms with Crippen LogP contribution in [0.15, 0.2) is 28.1 Å². The smallest absolute Gasteiger partial charge is 0.118 e. The molecule has 0 aliphatic carbocycles. The SMILES string of the molecule is Cc1ccc(CN2CCC3(CCN(Cc4nccs4)CC3)C2)o1. The van der Waals surface area contributed by atoms with Gasteiger partial charge >= 0.3 is 0 Å². The van der Waals surface area contributed by atoms with Gasteiger partial charge in [-0.25, -0.2) is 4.98 Å². The molecule has 4 rings (SSSR count). The number of aromatic nitrogens is 1. The minimum Gasteiger partial charge on any atom is -0.465 e. The summed E-state index contributed by atoms with van der Waals surface area (Å²) in [7, 11) is 0. The normalized spacial score (nSPS) is 22.1. The third-order valence-corrected chi connectivity index (χ3v) is 6.22. The summed E-state index contributed by atoms with van der Waals surface area (Å²) >= 11 is 1.77. The number of hydrogen-bond donors (Lipinski definition) is 0. The van der Waals surface area contributed by atoms with Crippen molar-refractivity contribution in [3.8, 4) is 0 Å². The Labute approximate surface area is 142 Å². The van der Waals surface area contributed by atoms with Crippen molar-refractivity contribution < 1.29 is 4.42 Å². The maximum Gasteiger partial charge on any atom is 0.118 e. The Bertz CT molecular complexity index is 628. The molecule has 2 saturated heterocycles. The number of aryl methyl sites for hydroxylation is 1. The monoisotopic (exact) mass is 331 g/mol. The van der Waals surface area contributed by atoms with E-state index < -0.39 is 0 Å². The van der Waals surface area contributed by atoms with E-state index in [1.807, 2.05) is 13.1 Å². The molecule has 4 heterocycles. The second-order valence-corrected chi connectivity index (χ2v) is 8.15. The lowest BCUT2D eigenvalue weighted by Gasteiger charge is -2.39. The van der Waals surface area contributed by atoms with Gasteiger partial charge in [-0.1, -0.05) is 0 Å². The number of nitrogens with zero attached hydrogens (tertiary/aromatic N) is 3. The zero-order chi connectivity index (χ0) is 15.7. The van der Waals surface area contributed by atoms with Crippen molar-refractivity contribution in [1.82, 2.24) is 14.8 Å². The van der Waals surface area contributed by atoms with Crippen molar-refractivity contribution >= 4 is 11.3 Å². The van der Waals surface area contributed by atoms with Crippen LogP contribution in [0, 0.1) is 12.3 Å². The fourth-order valence-electron chi connectivity index (χ4n) is 4.07. The summed E-state index contributed by atoms with van der Waals surface area (Å²) in [5, 5.41) is 3.33. The lowest BCUT2D eigenvalue weighted by atomic mass is 9.78. The predicted molar refractivity (Wildman–Crippen MR) is 92.4 cm³/mol. The maximum absolute atomic E-state index is 5.74. The van der Waals surface area contributed by atoms with Crippen LogP contribution in [-0.2, 0) is 13.1 Å². The highest BCUT2D eigenvalue weighted by Gasteiger charge is 2.40. The van der Waals surface area contributed by atoms with E-state index >= 15 is 0 Å². The molecular weight excluding hydrogens is 306 g/mol. The molecule has 0 bridgehead atoms. The second kappa shape index (κ2) is 6.38. The molecule has 0 aromatic carbocycles. The number of rotatable bonds is 4. The molecule has 5 heteroatoms. The summed E-state index contributed by atoms with van der Waals surface area (Å²) < 4.78 is 5.74. The van der Waals surface area contributed by atoms with Crippen LogP contribution in [0.5, 0.6) is 0 Å². The highest BCUT2D eigenvalue weighted by atomic mass is 32.1. The van der Waals surface area contributed by atoms with Gasteiger partial charge in [-0.15, -0.1) is 11.3 Å². The van der Waals surface area contributed by atoms with Crippen LogP contribution in [0.25, 0.3) is 0 Å². The Balaban J connectivity index is 1.29. The first-order valence-electron chi connectivity index (χ1n) is 8.59. The molecule has 0 saturated carbocycles. The summed E-state index contributed by atoms with van der Waals surface area (Å²) in [6.07, 6.45) is 5.91. The lowest BCUT2D eigenvalue weighted by Crippen LogP contribution is -2.41. The van der Waals surface area contributed by atoms with E-state index in [4.69, 9.17) is 4.42 Å². The minimum absolute atomic E-state index is 0.543. The van der Waals surface area contributed by atoms with Gasteiger partial charge in [-0.2, -0.15) is 0 Å². The van der Waals surface area contributed by atoms with Crippen LogP contribution in [0.1, 0.15) is 35.8 Å². The molecule has 2 aliphatic heterocycles. The molecule has 2 fully saturated rings. The minimum atomic E-state index is 0.543. The molecule has 4 nitrogen and oxygen atoms in total. The van der Waals surface area contributed by atoms with E-state index in [-0.39, 0.29) is 0 Å². The number of piperidine rings is 1. The maximum atomic E-state index is 5.74. The van der Waals surface area contributed by atoms with Gasteiger partial charge in [0.15, 0.2) is 0 Å². The van der Waals surface area contributed by atoms with Crippen LogP contribution in [0.4, 0.5) is 0 Å². The van der Waals surface area contributed by atoms with E-state index in [0.29, 0.717) is 5.41 Å². The van der Waals surface area contributed by atoms with E-state index in [0.717, 1.165) is 24.6 Å². The summed E-state index contributed by atoms with van der Waals surface area (Å²) in [5.74, 6) is 2.13. The molecule has 0 N–H and O–H groups in total. The molecule has 124 valence electrons. The molecule has 2 aromatic heterocycles. The molecule has 0 unspecified atom stereocenters. The van der Waals surface area contributed by atoms with Gasteiger partial charge in [0.2, 0.25) is 0 Å². The van der Waals surface area contributed by atoms with Gasteiger partial charge < -0.3 is 4.42 Å². The number of likely N-dealkylation sites (tertiary alicyclic amines) is 2. The summed E-state index contributed by atoms with van der Waals surface area (Å²) in [6, 6.07) is 4.19. The van der Waals surface area contributed by atoms with Crippen LogP contribution in [0.3, 0.4) is 0 Å². The zero-order valence-electron chi connectivity index (χ0n) is 13.8.